The van der Waals surface area contributed by atoms with E-state index in [1.54, 1.807) is 11.3 Å². The van der Waals surface area contributed by atoms with Gasteiger partial charge in [-0.2, -0.15) is 11.3 Å². The van der Waals surface area contributed by atoms with Crippen LogP contribution < -0.4 is 21.5 Å². The number of benzene rings is 1. The Hall–Kier alpha value is -2.44. The summed E-state index contributed by atoms with van der Waals surface area (Å²) in [5.74, 6) is 0. The quantitative estimate of drug-likeness (QED) is 0.501. The van der Waals surface area contributed by atoms with Crippen molar-refractivity contribution in [1.82, 2.24) is 4.90 Å². The summed E-state index contributed by atoms with van der Waals surface area (Å²) in [6, 6.07) is 12.6. The summed E-state index contributed by atoms with van der Waals surface area (Å²) < 4.78 is 0. The topological polar surface area (TPSA) is 61.4 Å². The lowest BCUT2D eigenvalue weighted by Gasteiger charge is -2.30. The van der Waals surface area contributed by atoms with Crippen molar-refractivity contribution in [3.8, 4) is 0 Å². The largest absolute Gasteiger partial charge is 0.378 e. The summed E-state index contributed by atoms with van der Waals surface area (Å²) in [6.07, 6.45) is 1.64. The normalized spacial score (nSPS) is 13.0. The molecule has 1 heterocycles. The van der Waals surface area contributed by atoms with E-state index in [2.05, 4.69) is 39.1 Å². The lowest BCUT2D eigenvalue weighted by atomic mass is 9.95. The van der Waals surface area contributed by atoms with Crippen molar-refractivity contribution in [2.24, 2.45) is 0 Å². The fraction of sp³-hybridized carbons (Fsp3) is 0.391. The third-order valence-corrected chi connectivity index (χ3v) is 5.89. The number of thiophene rings is 1. The maximum atomic E-state index is 12.2. The molecule has 0 aliphatic carbocycles. The number of hydrogen-bond donors (Lipinski definition) is 2. The van der Waals surface area contributed by atoms with Gasteiger partial charge in [0, 0.05) is 18.1 Å². The highest BCUT2D eigenvalue weighted by Gasteiger charge is 2.28. The summed E-state index contributed by atoms with van der Waals surface area (Å²) in [7, 11) is 4.06. The van der Waals surface area contributed by atoms with Crippen LogP contribution in [-0.4, -0.2) is 37.1 Å². The van der Waals surface area contributed by atoms with Crippen LogP contribution in [0.15, 0.2) is 56.7 Å². The fourth-order valence-corrected chi connectivity index (χ4v) is 4.18. The first kappa shape index (κ1) is 21.3. The molecular formula is C23H29N3O2S. The summed E-state index contributed by atoms with van der Waals surface area (Å²) in [5, 5.41) is 10.7. The van der Waals surface area contributed by atoms with E-state index in [-0.39, 0.29) is 11.6 Å². The van der Waals surface area contributed by atoms with Crippen molar-refractivity contribution in [2.75, 3.05) is 31.3 Å². The minimum Gasteiger partial charge on any atom is -0.378 e. The highest BCUT2D eigenvalue weighted by atomic mass is 32.1. The molecule has 0 amide bonds. The van der Waals surface area contributed by atoms with E-state index < -0.39 is 10.9 Å². The fourth-order valence-electron chi connectivity index (χ4n) is 3.51. The molecule has 6 heteroatoms. The molecule has 154 valence electrons. The molecule has 0 radical (unpaired) electrons. The van der Waals surface area contributed by atoms with Gasteiger partial charge < -0.3 is 15.5 Å². The Kier molecular flexibility index (Phi) is 6.55. The molecule has 29 heavy (non-hydrogen) atoms. The summed E-state index contributed by atoms with van der Waals surface area (Å²) in [4.78, 5) is 26.5. The second-order valence-electron chi connectivity index (χ2n) is 8.41. The Bertz CT molecular complexity index is 987. The van der Waals surface area contributed by atoms with Gasteiger partial charge in [0.2, 0.25) is 0 Å². The van der Waals surface area contributed by atoms with Crippen LogP contribution in [0, 0.1) is 0 Å². The molecule has 2 N–H and O–H groups in total. The number of nitrogens with zero attached hydrogens (tertiary/aromatic N) is 1. The van der Waals surface area contributed by atoms with Crippen molar-refractivity contribution in [2.45, 2.75) is 38.3 Å². The first-order valence-electron chi connectivity index (χ1n) is 9.83. The molecule has 0 aliphatic heterocycles. The second-order valence-corrected chi connectivity index (χ2v) is 9.19. The predicted octanol–water partition coefficient (Wildman–Crippen LogP) is 3.36. The zero-order valence-corrected chi connectivity index (χ0v) is 18.3. The molecule has 0 fully saturated rings. The Labute approximate surface area is 176 Å². The smallest absolute Gasteiger partial charge is 0.253 e. The van der Waals surface area contributed by atoms with Gasteiger partial charge in [0.25, 0.3) is 10.9 Å². The maximum absolute atomic E-state index is 12.2. The highest BCUT2D eigenvalue weighted by Crippen LogP contribution is 2.24. The Morgan fingerprint density at radius 2 is 1.69 bits per heavy atom. The first-order valence-corrected chi connectivity index (χ1v) is 10.8. The van der Waals surface area contributed by atoms with Crippen LogP contribution in [0.25, 0.3) is 0 Å². The van der Waals surface area contributed by atoms with Gasteiger partial charge in [-0.3, -0.25) is 9.59 Å². The molecule has 1 atom stereocenters. The number of hydrogen-bond acceptors (Lipinski definition) is 6. The Morgan fingerprint density at radius 3 is 2.31 bits per heavy atom. The van der Waals surface area contributed by atoms with Crippen molar-refractivity contribution < 1.29 is 0 Å². The van der Waals surface area contributed by atoms with Gasteiger partial charge >= 0.3 is 0 Å². The number of anilines is 2. The maximum Gasteiger partial charge on any atom is 0.253 e. The van der Waals surface area contributed by atoms with E-state index >= 15 is 0 Å². The third-order valence-electron chi connectivity index (χ3n) is 5.16. The zero-order valence-electron chi connectivity index (χ0n) is 17.5. The minimum atomic E-state index is -0.435. The van der Waals surface area contributed by atoms with Crippen molar-refractivity contribution in [3.63, 3.8) is 0 Å². The molecule has 0 bridgehead atoms. The van der Waals surface area contributed by atoms with Gasteiger partial charge in [0.1, 0.15) is 11.4 Å². The monoisotopic (exact) mass is 411 g/mol. The standard InChI is InChI=1S/C23H29N3O2S/c1-23(2,13-17-10-11-29-15-17)25-20-19(21(27)22(20)28)24-14-18(26(3)4)12-16-8-6-5-7-9-16/h5-11,15,18,24-25H,12-14H2,1-4H3. The average molecular weight is 412 g/mol. The van der Waals surface area contributed by atoms with Crippen molar-refractivity contribution >= 4 is 22.7 Å². The summed E-state index contributed by atoms with van der Waals surface area (Å²) in [5.41, 5.74) is 2.08. The Balaban J connectivity index is 1.67. The number of rotatable bonds is 10. The van der Waals surface area contributed by atoms with Gasteiger partial charge in [-0.15, -0.1) is 0 Å². The first-order chi connectivity index (χ1) is 13.8. The van der Waals surface area contributed by atoms with Gasteiger partial charge in [-0.25, -0.2) is 0 Å². The van der Waals surface area contributed by atoms with E-state index in [1.165, 1.54) is 11.1 Å². The van der Waals surface area contributed by atoms with Crippen molar-refractivity contribution in [3.05, 3.63) is 78.7 Å². The SMILES string of the molecule is CN(C)C(CNc1c(NC(C)(C)Cc2ccsc2)c(=O)c1=O)Cc1ccccc1. The molecule has 3 aromatic rings. The molecule has 2 aromatic carbocycles. The van der Waals surface area contributed by atoms with Crippen molar-refractivity contribution in [1.29, 1.82) is 0 Å². The lowest BCUT2D eigenvalue weighted by Crippen LogP contribution is -2.45. The Morgan fingerprint density at radius 1 is 1.00 bits per heavy atom. The summed E-state index contributed by atoms with van der Waals surface area (Å²) in [6.45, 7) is 4.68. The summed E-state index contributed by atoms with van der Waals surface area (Å²) >= 11 is 1.66. The number of nitrogens with one attached hydrogen (secondary N) is 2. The van der Waals surface area contributed by atoms with E-state index in [9.17, 15) is 9.59 Å². The van der Waals surface area contributed by atoms with E-state index in [4.69, 9.17) is 0 Å². The van der Waals surface area contributed by atoms with E-state index in [1.807, 2.05) is 51.5 Å². The number of likely N-dealkylation sites (N-methyl/N-ethyl adjacent to an activating group) is 1. The van der Waals surface area contributed by atoms with Crippen LogP contribution in [0.1, 0.15) is 25.0 Å². The highest BCUT2D eigenvalue weighted by molar-refractivity contribution is 7.07. The van der Waals surface area contributed by atoms with Gasteiger partial charge in [-0.05, 0) is 68.7 Å². The molecule has 5 nitrogen and oxygen atoms in total. The molecule has 1 aromatic heterocycles. The van der Waals surface area contributed by atoms with Crippen LogP contribution in [0.4, 0.5) is 11.4 Å². The third kappa shape index (κ3) is 5.34. The molecule has 0 saturated heterocycles. The van der Waals surface area contributed by atoms with Crippen LogP contribution in [-0.2, 0) is 12.8 Å². The average Bonchev–Trinajstić information content (AvgIpc) is 3.18. The van der Waals surface area contributed by atoms with Crippen LogP contribution in [0.5, 0.6) is 0 Å². The van der Waals surface area contributed by atoms with E-state index in [0.717, 1.165) is 12.8 Å². The lowest BCUT2D eigenvalue weighted by molar-refractivity contribution is 0.303. The molecular weight excluding hydrogens is 382 g/mol. The second kappa shape index (κ2) is 8.93. The minimum absolute atomic E-state index is 0.202. The molecule has 0 aliphatic rings. The molecule has 0 saturated carbocycles. The van der Waals surface area contributed by atoms with Gasteiger partial charge in [0.05, 0.1) is 0 Å². The van der Waals surface area contributed by atoms with Gasteiger partial charge in [0.15, 0.2) is 0 Å². The van der Waals surface area contributed by atoms with Gasteiger partial charge in [-0.1, -0.05) is 30.3 Å². The molecule has 1 unspecified atom stereocenters. The van der Waals surface area contributed by atoms with Crippen LogP contribution >= 0.6 is 11.3 Å². The molecule has 0 spiro atoms. The van der Waals surface area contributed by atoms with E-state index in [0.29, 0.717) is 17.9 Å². The van der Waals surface area contributed by atoms with Crippen LogP contribution in [0.3, 0.4) is 0 Å². The van der Waals surface area contributed by atoms with Crippen LogP contribution in [0.2, 0.25) is 0 Å². The molecule has 3 rings (SSSR count). The predicted molar refractivity (Wildman–Crippen MR) is 123 cm³/mol. The zero-order chi connectivity index (χ0) is 21.0.